The molecule has 2 N–H and O–H groups in total. The first-order valence-corrected chi connectivity index (χ1v) is 9.39. The van der Waals surface area contributed by atoms with Gasteiger partial charge in [0, 0.05) is 0 Å². The van der Waals surface area contributed by atoms with Crippen molar-refractivity contribution in [3.63, 3.8) is 0 Å². The van der Waals surface area contributed by atoms with Crippen LogP contribution in [0.2, 0.25) is 0 Å². The summed E-state index contributed by atoms with van der Waals surface area (Å²) in [6.45, 7) is 5.80. The third-order valence-electron chi connectivity index (χ3n) is 4.48. The van der Waals surface area contributed by atoms with Gasteiger partial charge in [0.05, 0.1) is 6.10 Å². The topological polar surface area (TPSA) is 40.5 Å². The van der Waals surface area contributed by atoms with E-state index in [4.69, 9.17) is 0 Å². The van der Waals surface area contributed by atoms with Gasteiger partial charge in [-0.15, -0.1) is 0 Å². The SMILES string of the molecule is CCCC/C=C(\CCC(O)CCCC)C(O)(CCCC)C(F)(F)F. The molecule has 24 heavy (non-hydrogen) atoms. The number of aliphatic hydroxyl groups excluding tert-OH is 1. The zero-order valence-electron chi connectivity index (χ0n) is 15.5. The Balaban J connectivity index is 5.20. The van der Waals surface area contributed by atoms with Gasteiger partial charge in [-0.25, -0.2) is 0 Å². The van der Waals surface area contributed by atoms with E-state index >= 15 is 0 Å². The Hall–Kier alpha value is -0.550. The molecule has 0 aromatic carbocycles. The summed E-state index contributed by atoms with van der Waals surface area (Å²) in [5.74, 6) is 0. The molecule has 0 spiro atoms. The molecule has 2 atom stereocenters. The maximum absolute atomic E-state index is 13.6. The van der Waals surface area contributed by atoms with Gasteiger partial charge in [0.25, 0.3) is 0 Å². The molecule has 0 fully saturated rings. The lowest BCUT2D eigenvalue weighted by Gasteiger charge is -2.34. The monoisotopic (exact) mass is 352 g/mol. The molecular formula is C19H35F3O2. The van der Waals surface area contributed by atoms with Crippen LogP contribution < -0.4 is 0 Å². The Kier molecular flexibility index (Phi) is 11.6. The average molecular weight is 352 g/mol. The second-order valence-corrected chi connectivity index (χ2v) is 6.67. The Morgan fingerprint density at radius 2 is 1.54 bits per heavy atom. The number of allylic oxidation sites excluding steroid dienone is 1. The highest BCUT2D eigenvalue weighted by Gasteiger charge is 2.54. The Morgan fingerprint density at radius 3 is 2.04 bits per heavy atom. The van der Waals surface area contributed by atoms with E-state index in [1.807, 2.05) is 20.8 Å². The summed E-state index contributed by atoms with van der Waals surface area (Å²) in [6, 6.07) is 0. The minimum Gasteiger partial charge on any atom is -0.393 e. The van der Waals surface area contributed by atoms with Gasteiger partial charge in [0.1, 0.15) is 0 Å². The van der Waals surface area contributed by atoms with Gasteiger partial charge < -0.3 is 10.2 Å². The van der Waals surface area contributed by atoms with Crippen LogP contribution in [0.4, 0.5) is 13.2 Å². The highest BCUT2D eigenvalue weighted by atomic mass is 19.4. The highest BCUT2D eigenvalue weighted by molar-refractivity contribution is 5.20. The number of unbranched alkanes of at least 4 members (excludes halogenated alkanes) is 4. The predicted octanol–water partition coefficient (Wildman–Crippen LogP) is 5.92. The summed E-state index contributed by atoms with van der Waals surface area (Å²) < 4.78 is 40.7. The van der Waals surface area contributed by atoms with Gasteiger partial charge in [0.2, 0.25) is 0 Å². The molecule has 0 saturated heterocycles. The van der Waals surface area contributed by atoms with Crippen molar-refractivity contribution in [1.82, 2.24) is 0 Å². The number of alkyl halides is 3. The van der Waals surface area contributed by atoms with E-state index < -0.39 is 17.9 Å². The van der Waals surface area contributed by atoms with Crippen molar-refractivity contribution in [3.8, 4) is 0 Å². The third-order valence-corrected chi connectivity index (χ3v) is 4.48. The molecule has 0 heterocycles. The fourth-order valence-corrected chi connectivity index (χ4v) is 2.78. The van der Waals surface area contributed by atoms with E-state index in [0.717, 1.165) is 25.7 Å². The van der Waals surface area contributed by atoms with E-state index in [1.165, 1.54) is 0 Å². The predicted molar refractivity (Wildman–Crippen MR) is 92.9 cm³/mol. The lowest BCUT2D eigenvalue weighted by molar-refractivity contribution is -0.247. The lowest BCUT2D eigenvalue weighted by Crippen LogP contribution is -2.47. The number of aliphatic hydroxyl groups is 2. The van der Waals surface area contributed by atoms with Crippen LogP contribution in [0.15, 0.2) is 11.6 Å². The standard InChI is InChI=1S/C19H35F3O2/c1-4-7-10-11-16(13-14-17(23)12-8-5-2)18(24,15-9-6-3)19(20,21)22/h11,17,23-24H,4-10,12-15H2,1-3H3/b16-11+. The summed E-state index contributed by atoms with van der Waals surface area (Å²) in [7, 11) is 0. The molecule has 2 nitrogen and oxygen atoms in total. The van der Waals surface area contributed by atoms with Crippen LogP contribution in [-0.2, 0) is 0 Å². The summed E-state index contributed by atoms with van der Waals surface area (Å²) in [6.07, 6.45) is 1.84. The normalized spacial score (nSPS) is 16.9. The molecule has 144 valence electrons. The zero-order valence-corrected chi connectivity index (χ0v) is 15.5. The van der Waals surface area contributed by atoms with Gasteiger partial charge in [0.15, 0.2) is 5.60 Å². The van der Waals surface area contributed by atoms with Crippen molar-refractivity contribution in [2.45, 2.75) is 109 Å². The molecule has 0 aliphatic heterocycles. The van der Waals surface area contributed by atoms with Crippen LogP contribution in [0, 0.1) is 0 Å². The van der Waals surface area contributed by atoms with Gasteiger partial charge in [-0.3, -0.25) is 0 Å². The lowest BCUT2D eigenvalue weighted by atomic mass is 9.83. The maximum atomic E-state index is 13.6. The van der Waals surface area contributed by atoms with Crippen LogP contribution in [-0.4, -0.2) is 28.1 Å². The van der Waals surface area contributed by atoms with E-state index in [9.17, 15) is 23.4 Å². The first-order chi connectivity index (χ1) is 11.2. The number of halogens is 3. The molecule has 0 saturated carbocycles. The Labute approximate surface area is 145 Å². The van der Waals surface area contributed by atoms with E-state index in [2.05, 4.69) is 0 Å². The summed E-state index contributed by atoms with van der Waals surface area (Å²) >= 11 is 0. The molecule has 2 unspecified atom stereocenters. The molecule has 0 radical (unpaired) electrons. The quantitative estimate of drug-likeness (QED) is 0.319. The number of hydrogen-bond donors (Lipinski definition) is 2. The van der Waals surface area contributed by atoms with Crippen molar-refractivity contribution in [1.29, 1.82) is 0 Å². The van der Waals surface area contributed by atoms with Crippen LogP contribution in [0.5, 0.6) is 0 Å². The average Bonchev–Trinajstić information content (AvgIpc) is 2.52. The van der Waals surface area contributed by atoms with Gasteiger partial charge in [-0.1, -0.05) is 65.4 Å². The fraction of sp³-hybridized carbons (Fsp3) is 0.895. The van der Waals surface area contributed by atoms with Gasteiger partial charge in [-0.05, 0) is 37.7 Å². The first kappa shape index (κ1) is 23.4. The molecule has 0 bridgehead atoms. The third kappa shape index (κ3) is 8.02. The fourth-order valence-electron chi connectivity index (χ4n) is 2.78. The summed E-state index contributed by atoms with van der Waals surface area (Å²) in [4.78, 5) is 0. The van der Waals surface area contributed by atoms with Crippen molar-refractivity contribution in [2.75, 3.05) is 0 Å². The summed E-state index contributed by atoms with van der Waals surface area (Å²) in [5.41, 5.74) is -2.73. The molecule has 0 aliphatic carbocycles. The Morgan fingerprint density at radius 1 is 0.958 bits per heavy atom. The van der Waals surface area contributed by atoms with Crippen molar-refractivity contribution >= 4 is 0 Å². The first-order valence-electron chi connectivity index (χ1n) is 9.39. The van der Waals surface area contributed by atoms with Crippen LogP contribution in [0.25, 0.3) is 0 Å². The second-order valence-electron chi connectivity index (χ2n) is 6.67. The van der Waals surface area contributed by atoms with E-state index in [1.54, 1.807) is 6.08 Å². The number of rotatable bonds is 13. The van der Waals surface area contributed by atoms with Crippen molar-refractivity contribution in [2.24, 2.45) is 0 Å². The van der Waals surface area contributed by atoms with Crippen LogP contribution in [0.3, 0.4) is 0 Å². The van der Waals surface area contributed by atoms with Gasteiger partial charge >= 0.3 is 6.18 Å². The second kappa shape index (κ2) is 11.9. The summed E-state index contributed by atoms with van der Waals surface area (Å²) in [5, 5.41) is 20.4. The van der Waals surface area contributed by atoms with Crippen molar-refractivity contribution < 1.29 is 23.4 Å². The molecule has 0 aliphatic rings. The minimum absolute atomic E-state index is 0.0347. The minimum atomic E-state index is -4.69. The highest BCUT2D eigenvalue weighted by Crippen LogP contribution is 2.42. The Bertz CT molecular complexity index is 353. The van der Waals surface area contributed by atoms with Crippen LogP contribution in [0.1, 0.15) is 91.4 Å². The molecule has 0 amide bonds. The van der Waals surface area contributed by atoms with E-state index in [-0.39, 0.29) is 24.8 Å². The number of hydrogen-bond acceptors (Lipinski definition) is 2. The molecular weight excluding hydrogens is 317 g/mol. The smallest absolute Gasteiger partial charge is 0.393 e. The largest absolute Gasteiger partial charge is 0.421 e. The van der Waals surface area contributed by atoms with Crippen molar-refractivity contribution in [3.05, 3.63) is 11.6 Å². The van der Waals surface area contributed by atoms with Gasteiger partial charge in [-0.2, -0.15) is 13.2 Å². The maximum Gasteiger partial charge on any atom is 0.421 e. The molecule has 0 aromatic heterocycles. The van der Waals surface area contributed by atoms with E-state index in [0.29, 0.717) is 25.7 Å². The zero-order chi connectivity index (χ0) is 18.6. The molecule has 0 aromatic rings. The molecule has 5 heteroatoms. The van der Waals surface area contributed by atoms with Crippen LogP contribution >= 0.6 is 0 Å². The molecule has 0 rings (SSSR count).